The smallest absolute Gasteiger partial charge is 0.248 e. The highest BCUT2D eigenvalue weighted by molar-refractivity contribution is 5.90. The molecule has 1 aromatic carbocycles. The molecule has 0 bridgehead atoms. The number of hydrogen-bond donors (Lipinski definition) is 1. The van der Waals surface area contributed by atoms with Gasteiger partial charge in [0.1, 0.15) is 12.0 Å². The number of aliphatic hydroxyl groups excluding tert-OH is 1. The van der Waals surface area contributed by atoms with Gasteiger partial charge in [-0.05, 0) is 23.8 Å². The maximum Gasteiger partial charge on any atom is 0.248 e. The second-order valence-electron chi connectivity index (χ2n) is 3.59. The van der Waals surface area contributed by atoms with Crippen molar-refractivity contribution in [3.63, 3.8) is 0 Å². The van der Waals surface area contributed by atoms with Crippen LogP contribution in [0, 0.1) is 0 Å². The predicted octanol–water partition coefficient (Wildman–Crippen LogP) is 0.912. The molecule has 1 aromatic rings. The molecule has 84 valence electrons. The molecule has 0 aliphatic carbocycles. The van der Waals surface area contributed by atoms with E-state index in [0.717, 1.165) is 11.3 Å². The van der Waals surface area contributed by atoms with Gasteiger partial charge in [0.15, 0.2) is 0 Å². The Morgan fingerprint density at radius 1 is 1.38 bits per heavy atom. The number of hydrogen-bond acceptors (Lipinski definition) is 3. The van der Waals surface area contributed by atoms with Crippen molar-refractivity contribution in [2.24, 2.45) is 0 Å². The van der Waals surface area contributed by atoms with Gasteiger partial charge in [-0.25, -0.2) is 0 Å². The van der Waals surface area contributed by atoms with Crippen LogP contribution in [-0.2, 0) is 11.3 Å². The van der Waals surface area contributed by atoms with Gasteiger partial charge in [0.2, 0.25) is 5.91 Å². The third-order valence-corrected chi connectivity index (χ3v) is 2.53. The van der Waals surface area contributed by atoms with E-state index < -0.39 is 6.23 Å². The molecular weight excluding hydrogens is 206 g/mol. The number of amides is 1. The highest BCUT2D eigenvalue weighted by atomic mass is 16.5. The molecule has 2 rings (SSSR count). The number of benzene rings is 1. The van der Waals surface area contributed by atoms with E-state index >= 15 is 0 Å². The van der Waals surface area contributed by atoms with Gasteiger partial charge in [-0.15, -0.1) is 0 Å². The molecule has 0 radical (unpaired) electrons. The Labute approximate surface area is 93.8 Å². The maximum atomic E-state index is 11.4. The van der Waals surface area contributed by atoms with Crippen LogP contribution in [0.2, 0.25) is 0 Å². The molecule has 0 saturated heterocycles. The van der Waals surface area contributed by atoms with Crippen LogP contribution in [0.4, 0.5) is 0 Å². The van der Waals surface area contributed by atoms with Gasteiger partial charge < -0.3 is 14.7 Å². The van der Waals surface area contributed by atoms with Crippen LogP contribution >= 0.6 is 0 Å². The Morgan fingerprint density at radius 2 is 2.06 bits per heavy atom. The molecule has 1 N–H and O–H groups in total. The van der Waals surface area contributed by atoms with E-state index in [-0.39, 0.29) is 5.91 Å². The molecule has 1 atom stereocenters. The summed E-state index contributed by atoms with van der Waals surface area (Å²) in [7, 11) is 1.60. The van der Waals surface area contributed by atoms with Crippen molar-refractivity contribution in [2.75, 3.05) is 7.11 Å². The Bertz CT molecular complexity index is 411. The summed E-state index contributed by atoms with van der Waals surface area (Å²) in [6.07, 6.45) is 2.05. The third-order valence-electron chi connectivity index (χ3n) is 2.53. The first kappa shape index (κ1) is 10.7. The van der Waals surface area contributed by atoms with E-state index in [9.17, 15) is 9.90 Å². The highest BCUT2D eigenvalue weighted by Gasteiger charge is 2.23. The van der Waals surface area contributed by atoms with Crippen LogP contribution in [0.5, 0.6) is 5.75 Å². The molecule has 16 heavy (non-hydrogen) atoms. The number of carbonyl (C=O) groups excluding carboxylic acids is 1. The molecular formula is C12H13NO3. The van der Waals surface area contributed by atoms with E-state index in [1.807, 2.05) is 24.3 Å². The maximum absolute atomic E-state index is 11.4. The average molecular weight is 219 g/mol. The molecule has 0 aromatic heterocycles. The van der Waals surface area contributed by atoms with E-state index in [4.69, 9.17) is 4.74 Å². The average Bonchev–Trinajstić information content (AvgIpc) is 2.62. The molecule has 1 unspecified atom stereocenters. The minimum atomic E-state index is -0.811. The molecule has 0 saturated carbocycles. The predicted molar refractivity (Wildman–Crippen MR) is 58.7 cm³/mol. The van der Waals surface area contributed by atoms with E-state index in [1.165, 1.54) is 17.1 Å². The van der Waals surface area contributed by atoms with Gasteiger partial charge in [0, 0.05) is 12.6 Å². The molecule has 4 nitrogen and oxygen atoms in total. The number of nitrogens with zero attached hydrogens (tertiary/aromatic N) is 1. The van der Waals surface area contributed by atoms with Crippen molar-refractivity contribution < 1.29 is 14.6 Å². The zero-order valence-electron chi connectivity index (χ0n) is 8.96. The lowest BCUT2D eigenvalue weighted by atomic mass is 10.2. The van der Waals surface area contributed by atoms with Crippen molar-refractivity contribution in [1.82, 2.24) is 4.90 Å². The summed E-state index contributed by atoms with van der Waals surface area (Å²) in [5.41, 5.74) is 0.955. The van der Waals surface area contributed by atoms with Crippen LogP contribution in [0.15, 0.2) is 36.4 Å². The number of aliphatic hydroxyl groups is 1. The van der Waals surface area contributed by atoms with E-state index in [1.54, 1.807) is 7.11 Å². The van der Waals surface area contributed by atoms with Crippen LogP contribution in [0.3, 0.4) is 0 Å². The number of methoxy groups -OCH3 is 1. The minimum absolute atomic E-state index is 0.164. The van der Waals surface area contributed by atoms with Gasteiger partial charge in [-0.1, -0.05) is 12.1 Å². The molecule has 1 heterocycles. The summed E-state index contributed by atoms with van der Waals surface area (Å²) < 4.78 is 5.04. The fraction of sp³-hybridized carbons (Fsp3) is 0.250. The Kier molecular flexibility index (Phi) is 2.92. The molecule has 0 spiro atoms. The van der Waals surface area contributed by atoms with Gasteiger partial charge >= 0.3 is 0 Å². The van der Waals surface area contributed by atoms with Crippen molar-refractivity contribution in [3.05, 3.63) is 42.0 Å². The van der Waals surface area contributed by atoms with Crippen molar-refractivity contribution >= 4 is 5.91 Å². The summed E-state index contributed by atoms with van der Waals surface area (Å²) in [6, 6.07) is 7.40. The SMILES string of the molecule is COc1ccc(CN2C(=O)C=CC2O)cc1. The van der Waals surface area contributed by atoms with Gasteiger partial charge in [0.05, 0.1) is 7.11 Å². The van der Waals surface area contributed by atoms with E-state index in [0.29, 0.717) is 6.54 Å². The Hall–Kier alpha value is -1.81. The van der Waals surface area contributed by atoms with Gasteiger partial charge in [-0.3, -0.25) is 4.79 Å². The van der Waals surface area contributed by atoms with Crippen molar-refractivity contribution in [3.8, 4) is 5.75 Å². The van der Waals surface area contributed by atoms with Crippen LogP contribution < -0.4 is 4.74 Å². The lowest BCUT2D eigenvalue weighted by molar-refractivity contribution is -0.131. The van der Waals surface area contributed by atoms with Crippen LogP contribution in [0.25, 0.3) is 0 Å². The van der Waals surface area contributed by atoms with Crippen molar-refractivity contribution in [1.29, 1.82) is 0 Å². The van der Waals surface area contributed by atoms with Gasteiger partial charge in [-0.2, -0.15) is 0 Å². The van der Waals surface area contributed by atoms with Gasteiger partial charge in [0.25, 0.3) is 0 Å². The van der Waals surface area contributed by atoms with Crippen LogP contribution in [-0.4, -0.2) is 29.3 Å². The molecule has 1 aliphatic heterocycles. The fourth-order valence-electron chi connectivity index (χ4n) is 1.60. The zero-order valence-corrected chi connectivity index (χ0v) is 8.96. The first-order valence-corrected chi connectivity index (χ1v) is 5.00. The molecule has 0 fully saturated rings. The Balaban J connectivity index is 2.06. The lowest BCUT2D eigenvalue weighted by Crippen LogP contribution is -2.32. The standard InChI is InChI=1S/C12H13NO3/c1-16-10-4-2-9(3-5-10)8-13-11(14)6-7-12(13)15/h2-7,11,14H,8H2,1H3. The first-order chi connectivity index (χ1) is 7.70. The summed E-state index contributed by atoms with van der Waals surface area (Å²) in [5, 5.41) is 9.52. The largest absolute Gasteiger partial charge is 0.497 e. The Morgan fingerprint density at radius 3 is 2.56 bits per heavy atom. The topological polar surface area (TPSA) is 49.8 Å². The lowest BCUT2D eigenvalue weighted by Gasteiger charge is -2.20. The summed E-state index contributed by atoms with van der Waals surface area (Å²) in [4.78, 5) is 12.8. The number of rotatable bonds is 3. The van der Waals surface area contributed by atoms with Crippen molar-refractivity contribution in [2.45, 2.75) is 12.8 Å². The summed E-state index contributed by atoms with van der Waals surface area (Å²) in [6.45, 7) is 0.400. The monoisotopic (exact) mass is 219 g/mol. The fourth-order valence-corrected chi connectivity index (χ4v) is 1.60. The second-order valence-corrected chi connectivity index (χ2v) is 3.59. The molecule has 1 aliphatic rings. The summed E-state index contributed by atoms with van der Waals surface area (Å²) in [5.74, 6) is 0.610. The highest BCUT2D eigenvalue weighted by Crippen LogP contribution is 2.16. The number of ether oxygens (including phenoxy) is 1. The minimum Gasteiger partial charge on any atom is -0.497 e. The zero-order chi connectivity index (χ0) is 11.5. The first-order valence-electron chi connectivity index (χ1n) is 5.00. The van der Waals surface area contributed by atoms with E-state index in [2.05, 4.69) is 0 Å². The molecule has 1 amide bonds. The summed E-state index contributed by atoms with van der Waals surface area (Å²) >= 11 is 0. The third kappa shape index (κ3) is 2.06. The quantitative estimate of drug-likeness (QED) is 0.822. The normalized spacial score (nSPS) is 19.2. The number of carbonyl (C=O) groups is 1. The molecule has 4 heteroatoms. The van der Waals surface area contributed by atoms with Crippen LogP contribution in [0.1, 0.15) is 5.56 Å². The second kappa shape index (κ2) is 4.37.